The predicted octanol–water partition coefficient (Wildman–Crippen LogP) is 2.81. The molecule has 2 aliphatic carbocycles. The minimum absolute atomic E-state index is 0.184. The van der Waals surface area contributed by atoms with Gasteiger partial charge in [0.25, 0.3) is 0 Å². The summed E-state index contributed by atoms with van der Waals surface area (Å²) in [6, 6.07) is 4.71. The van der Waals surface area contributed by atoms with Crippen molar-refractivity contribution >= 4 is 0 Å². The molecule has 0 spiro atoms. The quantitative estimate of drug-likeness (QED) is 0.822. The summed E-state index contributed by atoms with van der Waals surface area (Å²) in [5.41, 5.74) is 0.663. The van der Waals surface area contributed by atoms with Crippen LogP contribution >= 0.6 is 0 Å². The Labute approximate surface area is 101 Å². The van der Waals surface area contributed by atoms with Crippen LogP contribution in [0.25, 0.3) is 0 Å². The number of rotatable bonds is 5. The number of aromatic hydroxyl groups is 1. The molecule has 2 nitrogen and oxygen atoms in total. The lowest BCUT2D eigenvalue weighted by Gasteiger charge is -2.18. The summed E-state index contributed by atoms with van der Waals surface area (Å²) in [6.45, 7) is 0.571. The van der Waals surface area contributed by atoms with Crippen molar-refractivity contribution in [3.05, 3.63) is 29.6 Å². The Morgan fingerprint density at radius 3 is 2.47 bits per heavy atom. The van der Waals surface area contributed by atoms with E-state index in [0.717, 1.165) is 11.8 Å². The zero-order valence-corrected chi connectivity index (χ0v) is 9.82. The number of nitrogens with one attached hydrogen (secondary N) is 1. The second-order valence-electron chi connectivity index (χ2n) is 5.35. The van der Waals surface area contributed by atoms with Crippen LogP contribution < -0.4 is 5.32 Å². The van der Waals surface area contributed by atoms with Crippen LogP contribution in [0, 0.1) is 17.7 Å². The molecular weight excluding hydrogens is 217 g/mol. The molecule has 0 atom stereocenters. The summed E-state index contributed by atoms with van der Waals surface area (Å²) < 4.78 is 13.1. The topological polar surface area (TPSA) is 32.3 Å². The van der Waals surface area contributed by atoms with E-state index in [9.17, 15) is 9.50 Å². The first-order valence-corrected chi connectivity index (χ1v) is 6.45. The van der Waals surface area contributed by atoms with Crippen LogP contribution in [0.2, 0.25) is 0 Å². The van der Waals surface area contributed by atoms with Crippen molar-refractivity contribution < 1.29 is 9.50 Å². The number of hydrogen-bond donors (Lipinski definition) is 2. The second kappa shape index (κ2) is 4.30. The van der Waals surface area contributed by atoms with Crippen LogP contribution in [0.3, 0.4) is 0 Å². The van der Waals surface area contributed by atoms with E-state index < -0.39 is 0 Å². The summed E-state index contributed by atoms with van der Waals surface area (Å²) in [7, 11) is 0. The highest BCUT2D eigenvalue weighted by Crippen LogP contribution is 2.44. The van der Waals surface area contributed by atoms with E-state index in [1.807, 2.05) is 0 Å². The van der Waals surface area contributed by atoms with E-state index in [1.54, 1.807) is 0 Å². The third-order valence-electron chi connectivity index (χ3n) is 3.83. The zero-order chi connectivity index (χ0) is 11.8. The van der Waals surface area contributed by atoms with Crippen molar-refractivity contribution in [2.45, 2.75) is 38.3 Å². The fourth-order valence-corrected chi connectivity index (χ4v) is 2.55. The van der Waals surface area contributed by atoms with Gasteiger partial charge in [-0.3, -0.25) is 0 Å². The first-order chi connectivity index (χ1) is 8.24. The Bertz CT molecular complexity index is 401. The van der Waals surface area contributed by atoms with Crippen LogP contribution in [0.4, 0.5) is 4.39 Å². The number of benzene rings is 1. The molecule has 0 heterocycles. The summed E-state index contributed by atoms with van der Waals surface area (Å²) in [5, 5.41) is 13.2. The van der Waals surface area contributed by atoms with Gasteiger partial charge in [0, 0.05) is 18.2 Å². The number of phenolic OH excluding ortho intramolecular Hbond substituents is 1. The smallest absolute Gasteiger partial charge is 0.123 e. The lowest BCUT2D eigenvalue weighted by Crippen LogP contribution is -2.32. The molecule has 92 valence electrons. The minimum atomic E-state index is -0.283. The molecule has 0 unspecified atom stereocenters. The molecule has 2 fully saturated rings. The second-order valence-corrected chi connectivity index (χ2v) is 5.35. The van der Waals surface area contributed by atoms with Gasteiger partial charge in [0.05, 0.1) is 0 Å². The zero-order valence-electron chi connectivity index (χ0n) is 9.82. The van der Waals surface area contributed by atoms with Crippen molar-refractivity contribution in [2.24, 2.45) is 11.8 Å². The van der Waals surface area contributed by atoms with E-state index in [0.29, 0.717) is 18.2 Å². The maximum absolute atomic E-state index is 13.1. The van der Waals surface area contributed by atoms with E-state index in [1.165, 1.54) is 43.9 Å². The van der Waals surface area contributed by atoms with Gasteiger partial charge in [-0.2, -0.15) is 0 Å². The lowest BCUT2D eigenvalue weighted by molar-refractivity contribution is 0.405. The molecule has 0 radical (unpaired) electrons. The first kappa shape index (κ1) is 11.0. The van der Waals surface area contributed by atoms with Gasteiger partial charge in [-0.25, -0.2) is 4.39 Å². The van der Waals surface area contributed by atoms with Crippen molar-refractivity contribution in [3.63, 3.8) is 0 Å². The Morgan fingerprint density at radius 2 is 1.88 bits per heavy atom. The van der Waals surface area contributed by atoms with Crippen molar-refractivity contribution in [2.75, 3.05) is 0 Å². The Kier molecular flexibility index (Phi) is 2.79. The van der Waals surface area contributed by atoms with E-state index in [4.69, 9.17) is 0 Å². The van der Waals surface area contributed by atoms with Crippen LogP contribution in [0.5, 0.6) is 5.75 Å². The first-order valence-electron chi connectivity index (χ1n) is 6.45. The number of halogens is 1. The Morgan fingerprint density at radius 1 is 1.24 bits per heavy atom. The van der Waals surface area contributed by atoms with Gasteiger partial charge in [0.1, 0.15) is 11.6 Å². The van der Waals surface area contributed by atoms with E-state index in [-0.39, 0.29) is 11.6 Å². The van der Waals surface area contributed by atoms with E-state index >= 15 is 0 Å². The molecular formula is C14H18FNO. The van der Waals surface area contributed by atoms with Crippen LogP contribution in [0.15, 0.2) is 18.2 Å². The molecule has 0 bridgehead atoms. The molecule has 0 aromatic heterocycles. The van der Waals surface area contributed by atoms with Crippen LogP contribution in [-0.4, -0.2) is 11.1 Å². The van der Waals surface area contributed by atoms with E-state index in [2.05, 4.69) is 5.32 Å². The SMILES string of the molecule is Oc1ccc(F)cc1CNC(C1CC1)C1CC1. The highest BCUT2D eigenvalue weighted by atomic mass is 19.1. The predicted molar refractivity (Wildman–Crippen MR) is 64.1 cm³/mol. The van der Waals surface area contributed by atoms with Gasteiger partial charge in [-0.05, 0) is 55.7 Å². The average molecular weight is 235 g/mol. The average Bonchev–Trinajstić information content (AvgIpc) is 3.14. The van der Waals surface area contributed by atoms with Gasteiger partial charge >= 0.3 is 0 Å². The number of hydrogen-bond acceptors (Lipinski definition) is 2. The largest absolute Gasteiger partial charge is 0.508 e. The minimum Gasteiger partial charge on any atom is -0.508 e. The van der Waals surface area contributed by atoms with Gasteiger partial charge in [-0.1, -0.05) is 0 Å². The molecule has 1 aromatic carbocycles. The van der Waals surface area contributed by atoms with Gasteiger partial charge < -0.3 is 10.4 Å². The molecule has 3 rings (SSSR count). The Balaban J connectivity index is 1.63. The fourth-order valence-electron chi connectivity index (χ4n) is 2.55. The van der Waals surface area contributed by atoms with Crippen molar-refractivity contribution in [1.29, 1.82) is 0 Å². The molecule has 2 aliphatic rings. The maximum atomic E-state index is 13.1. The van der Waals surface area contributed by atoms with Gasteiger partial charge in [-0.15, -0.1) is 0 Å². The molecule has 0 saturated heterocycles. The van der Waals surface area contributed by atoms with Crippen LogP contribution in [-0.2, 0) is 6.54 Å². The third kappa shape index (κ3) is 2.60. The molecule has 0 aliphatic heterocycles. The molecule has 3 heteroatoms. The summed E-state index contributed by atoms with van der Waals surface area (Å²) in [4.78, 5) is 0. The van der Waals surface area contributed by atoms with Crippen LogP contribution in [0.1, 0.15) is 31.2 Å². The molecule has 0 amide bonds. The third-order valence-corrected chi connectivity index (χ3v) is 3.83. The highest BCUT2D eigenvalue weighted by molar-refractivity contribution is 5.32. The number of phenols is 1. The highest BCUT2D eigenvalue weighted by Gasteiger charge is 2.40. The molecule has 2 saturated carbocycles. The maximum Gasteiger partial charge on any atom is 0.123 e. The van der Waals surface area contributed by atoms with Gasteiger partial charge in [0.2, 0.25) is 0 Å². The summed E-state index contributed by atoms with van der Waals surface area (Å²) in [6.07, 6.45) is 5.29. The fraction of sp³-hybridized carbons (Fsp3) is 0.571. The summed E-state index contributed by atoms with van der Waals surface area (Å²) >= 11 is 0. The molecule has 17 heavy (non-hydrogen) atoms. The monoisotopic (exact) mass is 235 g/mol. The lowest BCUT2D eigenvalue weighted by atomic mass is 10.1. The van der Waals surface area contributed by atoms with Gasteiger partial charge in [0.15, 0.2) is 0 Å². The normalized spacial score (nSPS) is 19.9. The molecule has 1 aromatic rings. The molecule has 2 N–H and O–H groups in total. The standard InChI is InChI=1S/C14H18FNO/c15-12-5-6-13(17)11(7-12)8-16-14(9-1-2-9)10-3-4-10/h5-7,9-10,14,16-17H,1-4,8H2. The Hall–Kier alpha value is -1.09. The van der Waals surface area contributed by atoms with Crippen molar-refractivity contribution in [1.82, 2.24) is 5.32 Å². The summed E-state index contributed by atoms with van der Waals surface area (Å²) in [5.74, 6) is 1.54. The van der Waals surface area contributed by atoms with Crippen molar-refractivity contribution in [3.8, 4) is 5.75 Å².